The monoisotopic (exact) mass is 256 g/mol. The first-order chi connectivity index (χ1) is 8.11. The van der Waals surface area contributed by atoms with Crippen LogP contribution in [-0.2, 0) is 14.3 Å². The van der Waals surface area contributed by atoms with Gasteiger partial charge in [0.25, 0.3) is 0 Å². The maximum Gasteiger partial charge on any atom is 0.303 e. The standard InChI is InChI=1S/C14H24O4/c1-7-12(18-11(5)15)14(6,17)8-10(4)13(16)9(2)3/h8-9,12,17H,7H2,1-6H3/b10-8+/t12-,14+/m1/s1. The number of esters is 1. The minimum atomic E-state index is -1.34. The predicted molar refractivity (Wildman–Crippen MR) is 70.1 cm³/mol. The normalized spacial score (nSPS) is 17.2. The molecule has 2 atom stereocenters. The Kier molecular flexibility index (Phi) is 6.26. The van der Waals surface area contributed by atoms with Gasteiger partial charge in [0, 0.05) is 12.8 Å². The van der Waals surface area contributed by atoms with Crippen LogP contribution in [0.3, 0.4) is 0 Å². The van der Waals surface area contributed by atoms with E-state index in [0.717, 1.165) is 0 Å². The fourth-order valence-corrected chi connectivity index (χ4v) is 1.87. The highest BCUT2D eigenvalue weighted by molar-refractivity contribution is 5.96. The molecule has 1 N–H and O–H groups in total. The summed E-state index contributed by atoms with van der Waals surface area (Å²) in [5.74, 6) is -0.581. The molecule has 0 heterocycles. The van der Waals surface area contributed by atoms with E-state index in [1.807, 2.05) is 6.92 Å². The van der Waals surface area contributed by atoms with Gasteiger partial charge in [0.05, 0.1) is 0 Å². The Balaban J connectivity index is 5.05. The summed E-state index contributed by atoms with van der Waals surface area (Å²) in [5, 5.41) is 10.3. The van der Waals surface area contributed by atoms with Crippen LogP contribution in [0.1, 0.15) is 48.0 Å². The molecule has 0 saturated heterocycles. The molecule has 0 aromatic rings. The van der Waals surface area contributed by atoms with E-state index in [2.05, 4.69) is 0 Å². The number of Topliss-reactive ketones (excluding diaryl/α,β-unsaturated/α-hetero) is 1. The molecule has 4 nitrogen and oxygen atoms in total. The van der Waals surface area contributed by atoms with Gasteiger partial charge in [-0.15, -0.1) is 0 Å². The van der Waals surface area contributed by atoms with Gasteiger partial charge in [0.2, 0.25) is 0 Å². The number of carbonyl (C=O) groups excluding carboxylic acids is 2. The second-order valence-corrected chi connectivity index (χ2v) is 5.08. The SMILES string of the molecule is CC[C@@H](OC(C)=O)[C@@](C)(O)/C=C(\C)C(=O)C(C)C. The molecule has 0 saturated carbocycles. The van der Waals surface area contributed by atoms with Gasteiger partial charge < -0.3 is 9.84 Å². The summed E-state index contributed by atoms with van der Waals surface area (Å²) < 4.78 is 5.06. The van der Waals surface area contributed by atoms with E-state index < -0.39 is 17.7 Å². The molecule has 0 aliphatic rings. The molecule has 0 aliphatic carbocycles. The Labute approximate surface area is 109 Å². The quantitative estimate of drug-likeness (QED) is 0.585. The average Bonchev–Trinajstić information content (AvgIpc) is 2.23. The molecule has 18 heavy (non-hydrogen) atoms. The van der Waals surface area contributed by atoms with Crippen molar-refractivity contribution < 1.29 is 19.4 Å². The lowest BCUT2D eigenvalue weighted by atomic mass is 9.91. The zero-order valence-corrected chi connectivity index (χ0v) is 12.1. The van der Waals surface area contributed by atoms with Gasteiger partial charge in [0.15, 0.2) is 5.78 Å². The summed E-state index contributed by atoms with van der Waals surface area (Å²) in [5.41, 5.74) is -0.852. The first-order valence-corrected chi connectivity index (χ1v) is 6.25. The predicted octanol–water partition coefficient (Wildman–Crippen LogP) is 2.25. The fourth-order valence-electron chi connectivity index (χ4n) is 1.87. The van der Waals surface area contributed by atoms with E-state index >= 15 is 0 Å². The first-order valence-electron chi connectivity index (χ1n) is 6.25. The van der Waals surface area contributed by atoms with Gasteiger partial charge in [-0.2, -0.15) is 0 Å². The zero-order valence-electron chi connectivity index (χ0n) is 12.1. The Morgan fingerprint density at radius 2 is 1.83 bits per heavy atom. The molecule has 0 radical (unpaired) electrons. The molecule has 0 amide bonds. The van der Waals surface area contributed by atoms with Crippen LogP contribution in [0.2, 0.25) is 0 Å². The smallest absolute Gasteiger partial charge is 0.303 e. The van der Waals surface area contributed by atoms with E-state index in [9.17, 15) is 14.7 Å². The van der Waals surface area contributed by atoms with Crippen LogP contribution < -0.4 is 0 Å². The molecule has 0 aromatic heterocycles. The van der Waals surface area contributed by atoms with Crippen molar-refractivity contribution >= 4 is 11.8 Å². The van der Waals surface area contributed by atoms with Crippen molar-refractivity contribution in [2.24, 2.45) is 5.92 Å². The molecule has 104 valence electrons. The number of aliphatic hydroxyl groups is 1. The number of carbonyl (C=O) groups is 2. The molecular weight excluding hydrogens is 232 g/mol. The molecular formula is C14H24O4. The third kappa shape index (κ3) is 5.00. The number of allylic oxidation sites excluding steroid dienone is 1. The maximum absolute atomic E-state index is 11.8. The van der Waals surface area contributed by atoms with E-state index in [4.69, 9.17) is 4.74 Å². The van der Waals surface area contributed by atoms with Crippen LogP contribution in [0.4, 0.5) is 0 Å². The highest BCUT2D eigenvalue weighted by Crippen LogP contribution is 2.21. The maximum atomic E-state index is 11.8. The summed E-state index contributed by atoms with van der Waals surface area (Å²) in [7, 11) is 0. The van der Waals surface area contributed by atoms with Crippen molar-refractivity contribution in [1.29, 1.82) is 0 Å². The van der Waals surface area contributed by atoms with Gasteiger partial charge in [0.1, 0.15) is 11.7 Å². The van der Waals surface area contributed by atoms with Crippen molar-refractivity contribution in [3.05, 3.63) is 11.6 Å². The van der Waals surface area contributed by atoms with Crippen LogP contribution in [0.15, 0.2) is 11.6 Å². The Morgan fingerprint density at radius 3 is 2.17 bits per heavy atom. The number of hydrogen-bond acceptors (Lipinski definition) is 4. The molecule has 0 aliphatic heterocycles. The second kappa shape index (κ2) is 6.69. The highest BCUT2D eigenvalue weighted by Gasteiger charge is 2.32. The van der Waals surface area contributed by atoms with Crippen molar-refractivity contribution in [2.45, 2.75) is 59.7 Å². The van der Waals surface area contributed by atoms with Crippen molar-refractivity contribution in [3.63, 3.8) is 0 Å². The van der Waals surface area contributed by atoms with Crippen molar-refractivity contribution in [2.75, 3.05) is 0 Å². The number of ketones is 1. The summed E-state index contributed by atoms with van der Waals surface area (Å²) >= 11 is 0. The Hall–Kier alpha value is -1.16. The lowest BCUT2D eigenvalue weighted by Crippen LogP contribution is -2.40. The van der Waals surface area contributed by atoms with Crippen molar-refractivity contribution in [1.82, 2.24) is 0 Å². The third-order valence-electron chi connectivity index (χ3n) is 2.75. The zero-order chi connectivity index (χ0) is 14.5. The number of ether oxygens (including phenoxy) is 1. The molecule has 0 aromatic carbocycles. The van der Waals surface area contributed by atoms with E-state index in [0.29, 0.717) is 12.0 Å². The topological polar surface area (TPSA) is 63.6 Å². The lowest BCUT2D eigenvalue weighted by molar-refractivity contribution is -0.156. The van der Waals surface area contributed by atoms with E-state index in [-0.39, 0.29) is 11.7 Å². The average molecular weight is 256 g/mol. The molecule has 0 unspecified atom stereocenters. The van der Waals surface area contributed by atoms with E-state index in [1.54, 1.807) is 27.7 Å². The Morgan fingerprint density at radius 1 is 1.33 bits per heavy atom. The number of rotatable bonds is 6. The largest absolute Gasteiger partial charge is 0.459 e. The van der Waals surface area contributed by atoms with Crippen molar-refractivity contribution in [3.8, 4) is 0 Å². The van der Waals surface area contributed by atoms with Crippen LogP contribution in [0.5, 0.6) is 0 Å². The van der Waals surface area contributed by atoms with Crippen LogP contribution >= 0.6 is 0 Å². The fraction of sp³-hybridized carbons (Fsp3) is 0.714. The number of hydrogen-bond donors (Lipinski definition) is 1. The molecule has 0 bridgehead atoms. The van der Waals surface area contributed by atoms with Crippen LogP contribution in [-0.4, -0.2) is 28.6 Å². The summed E-state index contributed by atoms with van der Waals surface area (Å²) in [6.07, 6.45) is 1.31. The molecule has 0 fully saturated rings. The van der Waals surface area contributed by atoms with Gasteiger partial charge in [-0.25, -0.2) is 0 Å². The second-order valence-electron chi connectivity index (χ2n) is 5.08. The Bertz CT molecular complexity index is 340. The minimum Gasteiger partial charge on any atom is -0.459 e. The lowest BCUT2D eigenvalue weighted by Gasteiger charge is -2.29. The van der Waals surface area contributed by atoms with Crippen LogP contribution in [0.25, 0.3) is 0 Å². The molecule has 0 rings (SSSR count). The van der Waals surface area contributed by atoms with Crippen LogP contribution in [0, 0.1) is 5.92 Å². The summed E-state index contributed by atoms with van der Waals surface area (Å²) in [6.45, 7) is 9.93. The highest BCUT2D eigenvalue weighted by atomic mass is 16.6. The van der Waals surface area contributed by atoms with Gasteiger partial charge in [-0.1, -0.05) is 20.8 Å². The minimum absolute atomic E-state index is 0.0204. The summed E-state index contributed by atoms with van der Waals surface area (Å²) in [6, 6.07) is 0. The molecule has 4 heteroatoms. The third-order valence-corrected chi connectivity index (χ3v) is 2.75. The van der Waals surface area contributed by atoms with Gasteiger partial charge >= 0.3 is 5.97 Å². The van der Waals surface area contributed by atoms with Gasteiger partial charge in [-0.3, -0.25) is 9.59 Å². The molecule has 0 spiro atoms. The van der Waals surface area contributed by atoms with E-state index in [1.165, 1.54) is 13.0 Å². The first kappa shape index (κ1) is 16.8. The van der Waals surface area contributed by atoms with Gasteiger partial charge in [-0.05, 0) is 31.9 Å². The summed E-state index contributed by atoms with van der Waals surface area (Å²) in [4.78, 5) is 22.7.